The molecule has 0 spiro atoms. The molecule has 0 fully saturated rings. The standard InChI is InChI=1S/C14H14ClNO/c1-10-2-4-11(5-3-10)9-17-12-6-7-13(15)14(16)8-12/h2-8H,9,16H2,1H3. The van der Waals surface area contributed by atoms with Gasteiger partial charge in [-0.15, -0.1) is 0 Å². The quantitative estimate of drug-likeness (QED) is 0.837. The van der Waals surface area contributed by atoms with Gasteiger partial charge in [-0.2, -0.15) is 0 Å². The van der Waals surface area contributed by atoms with Crippen molar-refractivity contribution in [1.82, 2.24) is 0 Å². The Bertz CT molecular complexity index is 508. The minimum atomic E-state index is 0.529. The van der Waals surface area contributed by atoms with Crippen molar-refractivity contribution in [3.63, 3.8) is 0 Å². The van der Waals surface area contributed by atoms with Crippen LogP contribution < -0.4 is 10.5 Å². The molecule has 3 heteroatoms. The van der Waals surface area contributed by atoms with Crippen molar-refractivity contribution in [3.05, 3.63) is 58.6 Å². The maximum Gasteiger partial charge on any atom is 0.121 e. The molecule has 0 unspecified atom stereocenters. The molecule has 0 aliphatic rings. The van der Waals surface area contributed by atoms with E-state index in [9.17, 15) is 0 Å². The normalized spacial score (nSPS) is 10.2. The number of hydrogen-bond acceptors (Lipinski definition) is 2. The number of nitrogen functional groups attached to an aromatic ring is 1. The van der Waals surface area contributed by atoms with Crippen LogP contribution in [0.5, 0.6) is 5.75 Å². The molecule has 0 saturated heterocycles. The Morgan fingerprint density at radius 3 is 2.47 bits per heavy atom. The molecule has 88 valence electrons. The van der Waals surface area contributed by atoms with Crippen LogP contribution in [0.25, 0.3) is 0 Å². The SMILES string of the molecule is Cc1ccc(COc2ccc(Cl)c(N)c2)cc1. The lowest BCUT2D eigenvalue weighted by Crippen LogP contribution is -1.96. The van der Waals surface area contributed by atoms with E-state index in [0.717, 1.165) is 11.3 Å². The summed E-state index contributed by atoms with van der Waals surface area (Å²) in [5.74, 6) is 0.729. The molecule has 2 rings (SSSR count). The number of hydrogen-bond donors (Lipinski definition) is 1. The molecular weight excluding hydrogens is 234 g/mol. The number of rotatable bonds is 3. The molecule has 0 aliphatic carbocycles. The largest absolute Gasteiger partial charge is 0.489 e. The van der Waals surface area contributed by atoms with E-state index in [0.29, 0.717) is 17.3 Å². The highest BCUT2D eigenvalue weighted by Gasteiger charge is 2.00. The summed E-state index contributed by atoms with van der Waals surface area (Å²) in [6.45, 7) is 2.59. The lowest BCUT2D eigenvalue weighted by Gasteiger charge is -2.07. The van der Waals surface area contributed by atoms with E-state index < -0.39 is 0 Å². The zero-order valence-corrected chi connectivity index (χ0v) is 10.4. The van der Waals surface area contributed by atoms with E-state index in [2.05, 4.69) is 31.2 Å². The summed E-state index contributed by atoms with van der Waals surface area (Å²) in [6.07, 6.45) is 0. The van der Waals surface area contributed by atoms with Gasteiger partial charge in [0, 0.05) is 6.07 Å². The van der Waals surface area contributed by atoms with Crippen LogP contribution in [-0.4, -0.2) is 0 Å². The fourth-order valence-corrected chi connectivity index (χ4v) is 1.58. The van der Waals surface area contributed by atoms with Crippen LogP contribution >= 0.6 is 11.6 Å². The van der Waals surface area contributed by atoms with Gasteiger partial charge < -0.3 is 10.5 Å². The van der Waals surface area contributed by atoms with Gasteiger partial charge in [0.1, 0.15) is 12.4 Å². The van der Waals surface area contributed by atoms with Crippen molar-refractivity contribution in [2.75, 3.05) is 5.73 Å². The first kappa shape index (κ1) is 11.8. The second-order valence-corrected chi connectivity index (χ2v) is 4.36. The second-order valence-electron chi connectivity index (χ2n) is 3.96. The van der Waals surface area contributed by atoms with Gasteiger partial charge in [0.05, 0.1) is 10.7 Å². The lowest BCUT2D eigenvalue weighted by atomic mass is 10.2. The molecule has 2 aromatic rings. The van der Waals surface area contributed by atoms with E-state index in [-0.39, 0.29) is 0 Å². The summed E-state index contributed by atoms with van der Waals surface area (Å²) in [5, 5.41) is 0.549. The van der Waals surface area contributed by atoms with Gasteiger partial charge in [-0.25, -0.2) is 0 Å². The minimum Gasteiger partial charge on any atom is -0.489 e. The van der Waals surface area contributed by atoms with Crippen molar-refractivity contribution in [3.8, 4) is 5.75 Å². The van der Waals surface area contributed by atoms with Gasteiger partial charge >= 0.3 is 0 Å². The molecule has 0 atom stereocenters. The Kier molecular flexibility index (Phi) is 3.55. The highest BCUT2D eigenvalue weighted by Crippen LogP contribution is 2.24. The Labute approximate surface area is 106 Å². The van der Waals surface area contributed by atoms with E-state index in [1.54, 1.807) is 12.1 Å². The van der Waals surface area contributed by atoms with Crippen molar-refractivity contribution in [2.24, 2.45) is 0 Å². The predicted octanol–water partition coefficient (Wildman–Crippen LogP) is 3.81. The van der Waals surface area contributed by atoms with Crippen molar-refractivity contribution in [1.29, 1.82) is 0 Å². The molecule has 17 heavy (non-hydrogen) atoms. The first-order valence-electron chi connectivity index (χ1n) is 5.38. The van der Waals surface area contributed by atoms with E-state index in [4.69, 9.17) is 22.1 Å². The molecule has 0 aliphatic heterocycles. The molecule has 2 N–H and O–H groups in total. The maximum absolute atomic E-state index is 5.83. The fourth-order valence-electron chi connectivity index (χ4n) is 1.46. The average molecular weight is 248 g/mol. The maximum atomic E-state index is 5.83. The molecule has 0 bridgehead atoms. The Morgan fingerprint density at radius 1 is 1.12 bits per heavy atom. The summed E-state index contributed by atoms with van der Waals surface area (Å²) in [7, 11) is 0. The van der Waals surface area contributed by atoms with Crippen molar-refractivity contribution in [2.45, 2.75) is 13.5 Å². The number of ether oxygens (including phenoxy) is 1. The first-order valence-corrected chi connectivity index (χ1v) is 5.76. The van der Waals surface area contributed by atoms with E-state index in [1.165, 1.54) is 5.56 Å². The van der Waals surface area contributed by atoms with Crippen LogP contribution in [0.2, 0.25) is 5.02 Å². The number of anilines is 1. The van der Waals surface area contributed by atoms with Gasteiger partial charge in [-0.1, -0.05) is 41.4 Å². The predicted molar refractivity (Wildman–Crippen MR) is 71.4 cm³/mol. The molecule has 0 saturated carbocycles. The fraction of sp³-hybridized carbons (Fsp3) is 0.143. The summed E-state index contributed by atoms with van der Waals surface area (Å²) in [4.78, 5) is 0. The van der Waals surface area contributed by atoms with Crippen molar-refractivity contribution < 1.29 is 4.74 Å². The highest BCUT2D eigenvalue weighted by molar-refractivity contribution is 6.33. The molecule has 0 heterocycles. The van der Waals surface area contributed by atoms with Gasteiger partial charge in [0.15, 0.2) is 0 Å². The van der Waals surface area contributed by atoms with Crippen LogP contribution in [0.15, 0.2) is 42.5 Å². The molecular formula is C14H14ClNO. The summed E-state index contributed by atoms with van der Waals surface area (Å²) < 4.78 is 5.63. The summed E-state index contributed by atoms with van der Waals surface area (Å²) >= 11 is 5.83. The first-order chi connectivity index (χ1) is 8.15. The van der Waals surface area contributed by atoms with Gasteiger partial charge in [-0.05, 0) is 24.6 Å². The van der Waals surface area contributed by atoms with Crippen LogP contribution in [0.1, 0.15) is 11.1 Å². The van der Waals surface area contributed by atoms with Crippen LogP contribution in [0, 0.1) is 6.92 Å². The third kappa shape index (κ3) is 3.14. The molecule has 0 radical (unpaired) electrons. The lowest BCUT2D eigenvalue weighted by molar-refractivity contribution is 0.306. The zero-order chi connectivity index (χ0) is 12.3. The number of benzene rings is 2. The molecule has 2 aromatic carbocycles. The van der Waals surface area contributed by atoms with E-state index >= 15 is 0 Å². The van der Waals surface area contributed by atoms with Crippen LogP contribution in [-0.2, 0) is 6.61 Å². The number of aryl methyl sites for hydroxylation is 1. The zero-order valence-electron chi connectivity index (χ0n) is 9.61. The average Bonchev–Trinajstić information content (AvgIpc) is 2.33. The van der Waals surface area contributed by atoms with Crippen LogP contribution in [0.3, 0.4) is 0 Å². The number of nitrogens with two attached hydrogens (primary N) is 1. The number of halogens is 1. The summed E-state index contributed by atoms with van der Waals surface area (Å²) in [6, 6.07) is 13.5. The Morgan fingerprint density at radius 2 is 1.82 bits per heavy atom. The summed E-state index contributed by atoms with van der Waals surface area (Å²) in [5.41, 5.74) is 8.60. The third-order valence-corrected chi connectivity index (χ3v) is 2.84. The Hall–Kier alpha value is -1.67. The van der Waals surface area contributed by atoms with Gasteiger partial charge in [-0.3, -0.25) is 0 Å². The highest BCUT2D eigenvalue weighted by atomic mass is 35.5. The monoisotopic (exact) mass is 247 g/mol. The topological polar surface area (TPSA) is 35.2 Å². The second kappa shape index (κ2) is 5.11. The van der Waals surface area contributed by atoms with E-state index in [1.807, 2.05) is 6.07 Å². The van der Waals surface area contributed by atoms with Crippen molar-refractivity contribution >= 4 is 17.3 Å². The molecule has 0 aromatic heterocycles. The van der Waals surface area contributed by atoms with Gasteiger partial charge in [0.2, 0.25) is 0 Å². The smallest absolute Gasteiger partial charge is 0.121 e. The van der Waals surface area contributed by atoms with Gasteiger partial charge in [0.25, 0.3) is 0 Å². The third-order valence-electron chi connectivity index (χ3n) is 2.49. The van der Waals surface area contributed by atoms with Crippen LogP contribution in [0.4, 0.5) is 5.69 Å². The molecule has 2 nitrogen and oxygen atoms in total. The Balaban J connectivity index is 2.02. The minimum absolute atomic E-state index is 0.529. The molecule has 0 amide bonds.